The Kier molecular flexibility index (Phi) is 11.5. The lowest BCUT2D eigenvalue weighted by Crippen LogP contribution is -2.38. The van der Waals surface area contributed by atoms with E-state index >= 15 is 0 Å². The number of nitrogens with one attached hydrogen (secondary N) is 2. The Morgan fingerprint density at radius 3 is 2.60 bits per heavy atom. The molecule has 2 amide bonds. The van der Waals surface area contributed by atoms with Crippen molar-refractivity contribution in [2.75, 3.05) is 26.3 Å². The van der Waals surface area contributed by atoms with Crippen LogP contribution in [0.2, 0.25) is 0 Å². The van der Waals surface area contributed by atoms with Gasteiger partial charge in [-0.3, -0.25) is 4.79 Å². The van der Waals surface area contributed by atoms with Crippen LogP contribution < -0.4 is 10.6 Å². The van der Waals surface area contributed by atoms with Crippen molar-refractivity contribution in [2.24, 2.45) is 5.92 Å². The summed E-state index contributed by atoms with van der Waals surface area (Å²) in [6.07, 6.45) is 4.17. The molecular weight excluding hydrogens is 260 g/mol. The summed E-state index contributed by atoms with van der Waals surface area (Å²) in [5.41, 5.74) is 0. The van der Waals surface area contributed by atoms with Crippen LogP contribution in [0.4, 0.5) is 4.79 Å². The van der Waals surface area contributed by atoms with E-state index in [-0.39, 0.29) is 18.4 Å². The maximum atomic E-state index is 11.4. The van der Waals surface area contributed by atoms with E-state index in [4.69, 9.17) is 9.84 Å². The topological polar surface area (TPSA) is 87.7 Å². The van der Waals surface area contributed by atoms with Crippen molar-refractivity contribution in [3.05, 3.63) is 12.7 Å². The van der Waals surface area contributed by atoms with Gasteiger partial charge < -0.3 is 20.5 Å². The highest BCUT2D eigenvalue weighted by molar-refractivity contribution is 5.73. The number of hydrogen-bond acceptors (Lipinski definition) is 3. The molecule has 6 heteroatoms. The molecule has 3 N–H and O–H groups in total. The van der Waals surface area contributed by atoms with Crippen molar-refractivity contribution in [1.29, 1.82) is 0 Å². The number of ether oxygens (including phenoxy) is 1. The molecule has 0 heterocycles. The van der Waals surface area contributed by atoms with Gasteiger partial charge in [-0.2, -0.15) is 0 Å². The molecule has 1 unspecified atom stereocenters. The molecule has 0 rings (SSSR count). The Morgan fingerprint density at radius 2 is 1.95 bits per heavy atom. The maximum Gasteiger partial charge on any atom is 0.314 e. The number of carboxylic acid groups (broad SMARTS) is 1. The molecule has 0 saturated carbocycles. The lowest BCUT2D eigenvalue weighted by Gasteiger charge is -2.11. The molecule has 0 spiro atoms. The summed E-state index contributed by atoms with van der Waals surface area (Å²) in [5, 5.41) is 14.0. The summed E-state index contributed by atoms with van der Waals surface area (Å²) in [4.78, 5) is 21.8. The van der Waals surface area contributed by atoms with Gasteiger partial charge in [0.25, 0.3) is 0 Å². The average Bonchev–Trinajstić information content (AvgIpc) is 2.40. The second-order valence-electron chi connectivity index (χ2n) is 4.70. The van der Waals surface area contributed by atoms with Gasteiger partial charge in [-0.25, -0.2) is 4.79 Å². The first kappa shape index (κ1) is 18.4. The Balaban J connectivity index is 3.39. The lowest BCUT2D eigenvalue weighted by molar-refractivity contribution is -0.137. The number of amides is 2. The second-order valence-corrected chi connectivity index (χ2v) is 4.70. The average molecular weight is 286 g/mol. The van der Waals surface area contributed by atoms with Crippen molar-refractivity contribution in [2.45, 2.75) is 32.6 Å². The summed E-state index contributed by atoms with van der Waals surface area (Å²) in [5.74, 6) is -0.493. The van der Waals surface area contributed by atoms with Gasteiger partial charge in [-0.15, -0.1) is 6.58 Å². The molecule has 0 aromatic carbocycles. The van der Waals surface area contributed by atoms with Crippen molar-refractivity contribution >= 4 is 12.0 Å². The van der Waals surface area contributed by atoms with E-state index in [1.807, 2.05) is 6.92 Å². The van der Waals surface area contributed by atoms with Crippen LogP contribution in [-0.4, -0.2) is 43.4 Å². The fourth-order valence-corrected chi connectivity index (χ4v) is 1.51. The maximum absolute atomic E-state index is 11.4. The predicted molar refractivity (Wildman–Crippen MR) is 77.7 cm³/mol. The predicted octanol–water partition coefficient (Wildman–Crippen LogP) is 1.77. The Labute approximate surface area is 120 Å². The summed E-state index contributed by atoms with van der Waals surface area (Å²) in [6, 6.07) is -0.220. The molecular formula is C14H26N2O4. The van der Waals surface area contributed by atoms with Crippen LogP contribution in [-0.2, 0) is 9.53 Å². The number of carboxylic acids is 1. The number of hydrogen-bond donors (Lipinski definition) is 3. The highest BCUT2D eigenvalue weighted by atomic mass is 16.5. The first-order chi connectivity index (χ1) is 9.56. The first-order valence-electron chi connectivity index (χ1n) is 6.98. The first-order valence-corrected chi connectivity index (χ1v) is 6.98. The number of urea groups is 1. The fraction of sp³-hybridized carbons (Fsp3) is 0.714. The quantitative estimate of drug-likeness (QED) is 0.377. The summed E-state index contributed by atoms with van der Waals surface area (Å²) < 4.78 is 5.25. The van der Waals surface area contributed by atoms with Gasteiger partial charge in [0.05, 0.1) is 13.2 Å². The molecule has 0 aliphatic carbocycles. The monoisotopic (exact) mass is 286 g/mol. The van der Waals surface area contributed by atoms with E-state index < -0.39 is 5.97 Å². The third-order valence-corrected chi connectivity index (χ3v) is 2.77. The molecule has 0 aliphatic rings. The van der Waals surface area contributed by atoms with E-state index in [0.717, 1.165) is 12.8 Å². The standard InChI is InChI=1S/C14H26N2O4/c1-3-4-10-20-11-9-16-14(19)15-8-7-12(2)5-6-13(17)18/h3,12H,1,4-11H2,2H3,(H,17,18)(H2,15,16,19). The van der Waals surface area contributed by atoms with Crippen LogP contribution >= 0.6 is 0 Å². The minimum Gasteiger partial charge on any atom is -0.481 e. The number of aliphatic carboxylic acids is 1. The van der Waals surface area contributed by atoms with E-state index in [2.05, 4.69) is 17.2 Å². The molecule has 0 aliphatic heterocycles. The zero-order chi connectivity index (χ0) is 15.2. The zero-order valence-corrected chi connectivity index (χ0v) is 12.2. The molecule has 0 saturated heterocycles. The molecule has 0 aromatic heterocycles. The van der Waals surface area contributed by atoms with Gasteiger partial charge in [0, 0.05) is 19.5 Å². The molecule has 0 bridgehead atoms. The van der Waals surface area contributed by atoms with E-state index in [9.17, 15) is 9.59 Å². The van der Waals surface area contributed by atoms with Crippen molar-refractivity contribution in [3.63, 3.8) is 0 Å². The van der Waals surface area contributed by atoms with Crippen LogP contribution in [0.25, 0.3) is 0 Å². The van der Waals surface area contributed by atoms with Crippen molar-refractivity contribution in [1.82, 2.24) is 10.6 Å². The van der Waals surface area contributed by atoms with Gasteiger partial charge in [0.2, 0.25) is 0 Å². The van der Waals surface area contributed by atoms with Gasteiger partial charge in [-0.1, -0.05) is 13.0 Å². The summed E-state index contributed by atoms with van der Waals surface area (Å²) in [7, 11) is 0. The lowest BCUT2D eigenvalue weighted by atomic mass is 10.0. The molecule has 1 atom stereocenters. The SMILES string of the molecule is C=CCCOCCNC(=O)NCCC(C)CCC(=O)O. The van der Waals surface area contributed by atoms with Gasteiger partial charge in [0.1, 0.15) is 0 Å². The molecule has 0 aromatic rings. The minimum absolute atomic E-state index is 0.176. The highest BCUT2D eigenvalue weighted by Gasteiger charge is 2.06. The van der Waals surface area contributed by atoms with Gasteiger partial charge >= 0.3 is 12.0 Å². The minimum atomic E-state index is -0.779. The smallest absolute Gasteiger partial charge is 0.314 e. The van der Waals surface area contributed by atoms with Crippen molar-refractivity contribution in [3.8, 4) is 0 Å². The van der Waals surface area contributed by atoms with Crippen LogP contribution in [0.5, 0.6) is 0 Å². The van der Waals surface area contributed by atoms with E-state index in [0.29, 0.717) is 32.7 Å². The normalized spacial score (nSPS) is 11.7. The van der Waals surface area contributed by atoms with E-state index in [1.54, 1.807) is 6.08 Å². The Hall–Kier alpha value is -1.56. The fourth-order valence-electron chi connectivity index (χ4n) is 1.51. The Morgan fingerprint density at radius 1 is 1.25 bits per heavy atom. The number of carbonyl (C=O) groups excluding carboxylic acids is 1. The summed E-state index contributed by atoms with van der Waals surface area (Å²) >= 11 is 0. The second kappa shape index (κ2) is 12.5. The summed E-state index contributed by atoms with van der Waals surface area (Å²) in [6.45, 7) is 7.68. The molecule has 6 nitrogen and oxygen atoms in total. The molecule has 116 valence electrons. The van der Waals surface area contributed by atoms with Gasteiger partial charge in [-0.05, 0) is 25.2 Å². The zero-order valence-electron chi connectivity index (χ0n) is 12.2. The molecule has 20 heavy (non-hydrogen) atoms. The van der Waals surface area contributed by atoms with Crippen molar-refractivity contribution < 1.29 is 19.4 Å². The number of rotatable bonds is 12. The largest absolute Gasteiger partial charge is 0.481 e. The molecule has 0 radical (unpaired) electrons. The number of carbonyl (C=O) groups is 2. The van der Waals surface area contributed by atoms with Gasteiger partial charge in [0.15, 0.2) is 0 Å². The van der Waals surface area contributed by atoms with Crippen LogP contribution in [0.3, 0.4) is 0 Å². The third-order valence-electron chi connectivity index (χ3n) is 2.77. The van der Waals surface area contributed by atoms with E-state index in [1.165, 1.54) is 0 Å². The highest BCUT2D eigenvalue weighted by Crippen LogP contribution is 2.08. The van der Waals surface area contributed by atoms with Crippen LogP contribution in [0.1, 0.15) is 32.6 Å². The Bertz CT molecular complexity index is 295. The molecule has 0 fully saturated rings. The van der Waals surface area contributed by atoms with Crippen LogP contribution in [0, 0.1) is 5.92 Å². The third kappa shape index (κ3) is 12.9. The van der Waals surface area contributed by atoms with Crippen LogP contribution in [0.15, 0.2) is 12.7 Å².